The Labute approximate surface area is 147 Å². The minimum atomic E-state index is -0.536. The highest BCUT2D eigenvalue weighted by Gasteiger charge is 2.40. The second-order valence-electron chi connectivity index (χ2n) is 8.11. The van der Waals surface area contributed by atoms with Crippen LogP contribution in [0.5, 0.6) is 0 Å². The molecule has 1 N–H and O–H groups in total. The number of nitrogens with one attached hydrogen (secondary N) is 1. The molecule has 2 aliphatic heterocycles. The van der Waals surface area contributed by atoms with Crippen LogP contribution in [0.4, 0.5) is 19.3 Å². The monoisotopic (exact) mass is 352 g/mol. The first kappa shape index (κ1) is 18.0. The van der Waals surface area contributed by atoms with E-state index in [1.165, 1.54) is 6.07 Å². The molecule has 1 aromatic rings. The van der Waals surface area contributed by atoms with Crippen LogP contribution in [0, 0.1) is 17.6 Å². The van der Waals surface area contributed by atoms with Crippen molar-refractivity contribution < 1.29 is 18.3 Å². The van der Waals surface area contributed by atoms with E-state index in [1.807, 2.05) is 27.7 Å². The average Bonchev–Trinajstić information content (AvgIpc) is 2.88. The van der Waals surface area contributed by atoms with E-state index in [-0.39, 0.29) is 35.5 Å². The summed E-state index contributed by atoms with van der Waals surface area (Å²) in [5.41, 5.74) is 0.150. The van der Waals surface area contributed by atoms with Gasteiger partial charge in [-0.05, 0) is 51.7 Å². The number of hydrogen-bond donors (Lipinski definition) is 1. The van der Waals surface area contributed by atoms with Crippen LogP contribution in [0.2, 0.25) is 0 Å². The van der Waals surface area contributed by atoms with Gasteiger partial charge in [-0.1, -0.05) is 6.92 Å². The first-order valence-corrected chi connectivity index (χ1v) is 8.89. The standard InChI is InChI=1S/C19H26F2N2O2/c1-11-15-13(20)7-8-14(21)17(15)22-16(11)12-6-5-9-23(10-12)18(24)25-19(2,3)4/h7-8,11-12,16,22H,5-6,9-10H2,1-4H3. The molecule has 1 fully saturated rings. The highest BCUT2D eigenvalue weighted by atomic mass is 19.1. The molecule has 3 rings (SSSR count). The van der Waals surface area contributed by atoms with Crippen molar-refractivity contribution in [1.29, 1.82) is 0 Å². The van der Waals surface area contributed by atoms with E-state index in [9.17, 15) is 13.6 Å². The van der Waals surface area contributed by atoms with E-state index in [0.29, 0.717) is 18.7 Å². The SMILES string of the molecule is CC1c2c(F)ccc(F)c2NC1C1CCCN(C(=O)OC(C)(C)C)C1. The summed E-state index contributed by atoms with van der Waals surface area (Å²) in [6, 6.07) is 2.25. The molecular formula is C19H26F2N2O2. The summed E-state index contributed by atoms with van der Waals surface area (Å²) in [5, 5.41) is 3.18. The fraction of sp³-hybridized carbons (Fsp3) is 0.632. The fourth-order valence-corrected chi connectivity index (χ4v) is 3.95. The largest absolute Gasteiger partial charge is 0.444 e. The van der Waals surface area contributed by atoms with E-state index < -0.39 is 11.4 Å². The Bertz CT molecular complexity index is 672. The van der Waals surface area contributed by atoms with Gasteiger partial charge in [0.2, 0.25) is 0 Å². The average molecular weight is 352 g/mol. The molecule has 0 bridgehead atoms. The van der Waals surface area contributed by atoms with Gasteiger partial charge in [-0.15, -0.1) is 0 Å². The zero-order valence-corrected chi connectivity index (χ0v) is 15.2. The third-order valence-corrected chi connectivity index (χ3v) is 5.06. The van der Waals surface area contributed by atoms with Crippen molar-refractivity contribution >= 4 is 11.8 Å². The number of rotatable bonds is 1. The first-order chi connectivity index (χ1) is 11.7. The molecule has 6 heteroatoms. The number of likely N-dealkylation sites (tertiary alicyclic amines) is 1. The predicted octanol–water partition coefficient (Wildman–Crippen LogP) is 4.51. The Morgan fingerprint density at radius 2 is 1.96 bits per heavy atom. The van der Waals surface area contributed by atoms with E-state index in [4.69, 9.17) is 4.74 Å². The minimum absolute atomic E-state index is 0.0911. The van der Waals surface area contributed by atoms with Crippen LogP contribution in [0.3, 0.4) is 0 Å². The summed E-state index contributed by atoms with van der Waals surface area (Å²) < 4.78 is 33.7. The third-order valence-electron chi connectivity index (χ3n) is 5.06. The number of fused-ring (bicyclic) bond motifs is 1. The molecule has 2 heterocycles. The third kappa shape index (κ3) is 3.58. The molecule has 0 aliphatic carbocycles. The van der Waals surface area contributed by atoms with E-state index in [2.05, 4.69) is 5.32 Å². The molecule has 1 saturated heterocycles. The van der Waals surface area contributed by atoms with E-state index in [0.717, 1.165) is 18.9 Å². The first-order valence-electron chi connectivity index (χ1n) is 8.89. The van der Waals surface area contributed by atoms with Crippen LogP contribution in [0.25, 0.3) is 0 Å². The van der Waals surface area contributed by atoms with Gasteiger partial charge in [0, 0.05) is 30.6 Å². The zero-order valence-electron chi connectivity index (χ0n) is 15.2. The van der Waals surface area contributed by atoms with Gasteiger partial charge >= 0.3 is 6.09 Å². The lowest BCUT2D eigenvalue weighted by Crippen LogP contribution is -2.47. The van der Waals surface area contributed by atoms with Crippen LogP contribution < -0.4 is 5.32 Å². The predicted molar refractivity (Wildman–Crippen MR) is 92.7 cm³/mol. The van der Waals surface area contributed by atoms with Crippen molar-refractivity contribution in [3.8, 4) is 0 Å². The van der Waals surface area contributed by atoms with Gasteiger partial charge in [-0.2, -0.15) is 0 Å². The highest BCUT2D eigenvalue weighted by molar-refractivity contribution is 5.68. The number of amides is 1. The van der Waals surface area contributed by atoms with Gasteiger partial charge in [0.1, 0.15) is 17.2 Å². The van der Waals surface area contributed by atoms with Crippen LogP contribution in [0.15, 0.2) is 12.1 Å². The van der Waals surface area contributed by atoms with Gasteiger partial charge in [-0.25, -0.2) is 13.6 Å². The molecule has 3 atom stereocenters. The Morgan fingerprint density at radius 3 is 2.60 bits per heavy atom. The second-order valence-corrected chi connectivity index (χ2v) is 8.11. The summed E-state index contributed by atoms with van der Waals surface area (Å²) in [7, 11) is 0. The number of carbonyl (C=O) groups excluding carboxylic acids is 1. The minimum Gasteiger partial charge on any atom is -0.444 e. The molecule has 4 nitrogen and oxygen atoms in total. The maximum atomic E-state index is 14.2. The van der Waals surface area contributed by atoms with Gasteiger partial charge in [0.15, 0.2) is 0 Å². The Balaban J connectivity index is 1.74. The maximum absolute atomic E-state index is 14.2. The number of ether oxygens (including phenoxy) is 1. The normalized spacial score (nSPS) is 26.2. The Morgan fingerprint density at radius 1 is 1.28 bits per heavy atom. The van der Waals surface area contributed by atoms with Crippen molar-refractivity contribution in [2.45, 2.75) is 58.1 Å². The summed E-state index contributed by atoms with van der Waals surface area (Å²) in [6.07, 6.45) is 1.45. The number of nitrogens with zero attached hydrogens (tertiary/aromatic N) is 1. The van der Waals surface area contributed by atoms with Crippen molar-refractivity contribution in [3.05, 3.63) is 29.3 Å². The van der Waals surface area contributed by atoms with Crippen molar-refractivity contribution in [1.82, 2.24) is 4.90 Å². The lowest BCUT2D eigenvalue weighted by Gasteiger charge is -2.37. The second kappa shape index (κ2) is 6.46. The fourth-order valence-electron chi connectivity index (χ4n) is 3.95. The van der Waals surface area contributed by atoms with Crippen molar-refractivity contribution in [2.75, 3.05) is 18.4 Å². The number of carbonyl (C=O) groups is 1. The van der Waals surface area contributed by atoms with E-state index in [1.54, 1.807) is 4.90 Å². The van der Waals surface area contributed by atoms with Gasteiger partial charge in [0.25, 0.3) is 0 Å². The number of hydrogen-bond acceptors (Lipinski definition) is 3. The van der Waals surface area contributed by atoms with Gasteiger partial charge < -0.3 is 15.0 Å². The zero-order chi connectivity index (χ0) is 18.4. The lowest BCUT2D eigenvalue weighted by molar-refractivity contribution is 0.0153. The number of benzene rings is 1. The van der Waals surface area contributed by atoms with Crippen molar-refractivity contribution in [3.63, 3.8) is 0 Å². The molecule has 0 aromatic heterocycles. The lowest BCUT2D eigenvalue weighted by atomic mass is 9.83. The quantitative estimate of drug-likeness (QED) is 0.808. The van der Waals surface area contributed by atoms with Crippen LogP contribution in [0.1, 0.15) is 52.0 Å². The van der Waals surface area contributed by atoms with Crippen LogP contribution in [-0.4, -0.2) is 35.7 Å². The van der Waals surface area contributed by atoms with Crippen molar-refractivity contribution in [2.24, 2.45) is 5.92 Å². The molecule has 0 saturated carbocycles. The number of piperidine rings is 1. The molecule has 0 spiro atoms. The summed E-state index contributed by atoms with van der Waals surface area (Å²) in [4.78, 5) is 14.1. The van der Waals surface area contributed by atoms with Crippen LogP contribution in [-0.2, 0) is 4.74 Å². The molecule has 1 aromatic carbocycles. The van der Waals surface area contributed by atoms with Gasteiger partial charge in [-0.3, -0.25) is 0 Å². The summed E-state index contributed by atoms with van der Waals surface area (Å²) in [6.45, 7) is 8.63. The topological polar surface area (TPSA) is 41.6 Å². The number of anilines is 1. The maximum Gasteiger partial charge on any atom is 0.410 e. The molecule has 3 unspecified atom stereocenters. The Hall–Kier alpha value is -1.85. The highest BCUT2D eigenvalue weighted by Crippen LogP contribution is 2.43. The van der Waals surface area contributed by atoms with Gasteiger partial charge in [0.05, 0.1) is 5.69 Å². The molecular weight excluding hydrogens is 326 g/mol. The smallest absolute Gasteiger partial charge is 0.410 e. The molecule has 0 radical (unpaired) electrons. The van der Waals surface area contributed by atoms with E-state index >= 15 is 0 Å². The summed E-state index contributed by atoms with van der Waals surface area (Å²) >= 11 is 0. The molecule has 1 amide bonds. The number of halogens is 2. The van der Waals surface area contributed by atoms with Crippen LogP contribution >= 0.6 is 0 Å². The Kier molecular flexibility index (Phi) is 4.64. The molecule has 2 aliphatic rings. The molecule has 25 heavy (non-hydrogen) atoms. The molecule has 138 valence electrons. The summed E-state index contributed by atoms with van der Waals surface area (Å²) in [5.74, 6) is -0.818.